The number of hydrogen-bond donors (Lipinski definition) is 1. The lowest BCUT2D eigenvalue weighted by molar-refractivity contribution is 0.610. The largest absolute Gasteiger partial charge is 0.324 e. The van der Waals surface area contributed by atoms with Crippen molar-refractivity contribution >= 4 is 11.6 Å². The maximum absolute atomic E-state index is 13.4. The number of nitrogens with zero attached hydrogens (tertiary/aromatic N) is 2. The number of nitrogens with two attached hydrogens (primary N) is 1. The fourth-order valence-electron chi connectivity index (χ4n) is 1.94. The topological polar surface area (TPSA) is 43.8 Å². The molecule has 0 saturated carbocycles. The zero-order valence-corrected chi connectivity index (χ0v) is 11.1. The van der Waals surface area contributed by atoms with Gasteiger partial charge in [0.25, 0.3) is 0 Å². The molecule has 0 spiro atoms. The molecule has 0 aliphatic rings. The predicted octanol–water partition coefficient (Wildman–Crippen LogP) is 2.76. The van der Waals surface area contributed by atoms with Crippen LogP contribution >= 0.6 is 11.6 Å². The lowest BCUT2D eigenvalue weighted by atomic mass is 10.0. The van der Waals surface area contributed by atoms with E-state index in [1.54, 1.807) is 10.7 Å². The molecule has 0 amide bonds. The first-order valence-electron chi connectivity index (χ1n) is 5.67. The quantitative estimate of drug-likeness (QED) is 0.929. The van der Waals surface area contributed by atoms with Gasteiger partial charge in [0.2, 0.25) is 0 Å². The molecule has 5 heteroatoms. The number of rotatable bonds is 3. The Morgan fingerprint density at radius 1 is 1.44 bits per heavy atom. The molecule has 0 aliphatic heterocycles. The van der Waals surface area contributed by atoms with E-state index in [2.05, 4.69) is 5.10 Å². The predicted molar refractivity (Wildman–Crippen MR) is 70.0 cm³/mol. The average Bonchev–Trinajstić information content (AvgIpc) is 2.61. The standard InChI is InChI=1S/C13H15ClFN3/c1-8-5-10(18(2)17-8)7-13(16)9-3-4-11(14)12(15)6-9/h3-6,13H,7,16H2,1-2H3. The Labute approximate surface area is 110 Å². The lowest BCUT2D eigenvalue weighted by Crippen LogP contribution is -2.15. The van der Waals surface area contributed by atoms with Crippen molar-refractivity contribution in [2.24, 2.45) is 12.8 Å². The highest BCUT2D eigenvalue weighted by Crippen LogP contribution is 2.21. The highest BCUT2D eigenvalue weighted by atomic mass is 35.5. The number of hydrogen-bond acceptors (Lipinski definition) is 2. The van der Waals surface area contributed by atoms with Crippen LogP contribution < -0.4 is 5.73 Å². The Kier molecular flexibility index (Phi) is 3.68. The summed E-state index contributed by atoms with van der Waals surface area (Å²) in [5.74, 6) is -0.439. The minimum Gasteiger partial charge on any atom is -0.324 e. The van der Waals surface area contributed by atoms with Crippen molar-refractivity contribution in [3.05, 3.63) is 52.1 Å². The van der Waals surface area contributed by atoms with E-state index in [-0.39, 0.29) is 11.1 Å². The number of aryl methyl sites for hydroxylation is 2. The Morgan fingerprint density at radius 2 is 2.17 bits per heavy atom. The molecule has 2 aromatic rings. The molecule has 2 rings (SSSR count). The third-order valence-corrected chi connectivity index (χ3v) is 3.21. The SMILES string of the molecule is Cc1cc(CC(N)c2ccc(Cl)c(F)c2)n(C)n1. The highest BCUT2D eigenvalue weighted by molar-refractivity contribution is 6.30. The van der Waals surface area contributed by atoms with E-state index in [1.807, 2.05) is 20.0 Å². The van der Waals surface area contributed by atoms with Gasteiger partial charge in [-0.25, -0.2) is 4.39 Å². The maximum Gasteiger partial charge on any atom is 0.142 e. The Balaban J connectivity index is 2.19. The summed E-state index contributed by atoms with van der Waals surface area (Å²) in [5, 5.41) is 4.37. The maximum atomic E-state index is 13.4. The van der Waals surface area contributed by atoms with Crippen LogP contribution in [-0.2, 0) is 13.5 Å². The third-order valence-electron chi connectivity index (χ3n) is 2.90. The van der Waals surface area contributed by atoms with E-state index >= 15 is 0 Å². The fourth-order valence-corrected chi connectivity index (χ4v) is 2.06. The summed E-state index contributed by atoms with van der Waals surface area (Å²) in [4.78, 5) is 0. The second-order valence-corrected chi connectivity index (χ2v) is 4.79. The Hall–Kier alpha value is -1.39. The van der Waals surface area contributed by atoms with Crippen molar-refractivity contribution in [1.82, 2.24) is 9.78 Å². The van der Waals surface area contributed by atoms with Crippen LogP contribution in [0.4, 0.5) is 4.39 Å². The molecule has 0 aliphatic carbocycles. The van der Waals surface area contributed by atoms with E-state index in [4.69, 9.17) is 17.3 Å². The van der Waals surface area contributed by atoms with E-state index in [0.717, 1.165) is 17.0 Å². The smallest absolute Gasteiger partial charge is 0.142 e. The summed E-state index contributed by atoms with van der Waals surface area (Å²) in [7, 11) is 1.87. The molecule has 0 radical (unpaired) electrons. The number of halogens is 2. The first kappa shape index (κ1) is 13.1. The third kappa shape index (κ3) is 2.71. The van der Waals surface area contributed by atoms with Crippen molar-refractivity contribution in [1.29, 1.82) is 0 Å². The first-order valence-corrected chi connectivity index (χ1v) is 6.05. The first-order chi connectivity index (χ1) is 8.47. The molecule has 0 saturated heterocycles. The minimum atomic E-state index is -0.439. The van der Waals surface area contributed by atoms with Crippen LogP contribution in [0.1, 0.15) is 23.0 Å². The van der Waals surface area contributed by atoms with Crippen molar-refractivity contribution in [3.63, 3.8) is 0 Å². The summed E-state index contributed by atoms with van der Waals surface area (Å²) in [6.45, 7) is 1.93. The Bertz CT molecular complexity index is 565. The van der Waals surface area contributed by atoms with E-state index in [9.17, 15) is 4.39 Å². The van der Waals surface area contributed by atoms with Gasteiger partial charge >= 0.3 is 0 Å². The van der Waals surface area contributed by atoms with Crippen molar-refractivity contribution < 1.29 is 4.39 Å². The normalized spacial score (nSPS) is 12.7. The number of benzene rings is 1. The van der Waals surface area contributed by atoms with Gasteiger partial charge in [0.05, 0.1) is 10.7 Å². The van der Waals surface area contributed by atoms with Gasteiger partial charge in [-0.1, -0.05) is 17.7 Å². The molecular weight excluding hydrogens is 253 g/mol. The average molecular weight is 268 g/mol. The van der Waals surface area contributed by atoms with Crippen LogP contribution in [0.25, 0.3) is 0 Å². The van der Waals surface area contributed by atoms with Gasteiger partial charge in [0.15, 0.2) is 0 Å². The van der Waals surface area contributed by atoms with Crippen molar-refractivity contribution in [2.45, 2.75) is 19.4 Å². The van der Waals surface area contributed by atoms with Crippen LogP contribution in [0.3, 0.4) is 0 Å². The molecule has 1 unspecified atom stereocenters. The van der Waals surface area contributed by atoms with Crippen molar-refractivity contribution in [3.8, 4) is 0 Å². The number of aromatic nitrogens is 2. The Morgan fingerprint density at radius 3 is 2.72 bits per heavy atom. The highest BCUT2D eigenvalue weighted by Gasteiger charge is 2.12. The van der Waals surface area contributed by atoms with E-state index < -0.39 is 5.82 Å². The van der Waals surface area contributed by atoms with Gasteiger partial charge in [-0.2, -0.15) is 5.10 Å². The molecule has 1 heterocycles. The molecule has 96 valence electrons. The van der Waals surface area contributed by atoms with Gasteiger partial charge in [0.1, 0.15) is 5.82 Å². The van der Waals surface area contributed by atoms with Gasteiger partial charge < -0.3 is 5.73 Å². The van der Waals surface area contributed by atoms with Crippen molar-refractivity contribution in [2.75, 3.05) is 0 Å². The van der Waals surface area contributed by atoms with Crippen LogP contribution in [0.5, 0.6) is 0 Å². The summed E-state index contributed by atoms with van der Waals surface area (Å²) in [5.41, 5.74) is 8.78. The lowest BCUT2D eigenvalue weighted by Gasteiger charge is -2.12. The van der Waals surface area contributed by atoms with Crippen LogP contribution in [0, 0.1) is 12.7 Å². The molecule has 1 aromatic carbocycles. The summed E-state index contributed by atoms with van der Waals surface area (Å²) in [6.07, 6.45) is 0.610. The molecule has 3 nitrogen and oxygen atoms in total. The zero-order chi connectivity index (χ0) is 13.3. The minimum absolute atomic E-state index is 0.113. The van der Waals surface area contributed by atoms with E-state index in [0.29, 0.717) is 6.42 Å². The van der Waals surface area contributed by atoms with Gasteiger partial charge in [-0.15, -0.1) is 0 Å². The van der Waals surface area contributed by atoms with Gasteiger partial charge in [-0.3, -0.25) is 4.68 Å². The monoisotopic (exact) mass is 267 g/mol. The second-order valence-electron chi connectivity index (χ2n) is 4.38. The summed E-state index contributed by atoms with van der Waals surface area (Å²) < 4.78 is 15.1. The van der Waals surface area contributed by atoms with Gasteiger partial charge in [-0.05, 0) is 30.7 Å². The summed E-state index contributed by atoms with van der Waals surface area (Å²) >= 11 is 5.64. The molecular formula is C13H15ClFN3. The van der Waals surface area contributed by atoms with Crippen LogP contribution in [0.15, 0.2) is 24.3 Å². The molecule has 1 atom stereocenters. The zero-order valence-electron chi connectivity index (χ0n) is 10.3. The summed E-state index contributed by atoms with van der Waals surface area (Å²) in [6, 6.07) is 6.37. The van der Waals surface area contributed by atoms with Crippen LogP contribution in [0.2, 0.25) is 5.02 Å². The molecule has 0 bridgehead atoms. The molecule has 1 aromatic heterocycles. The molecule has 18 heavy (non-hydrogen) atoms. The molecule has 2 N–H and O–H groups in total. The second kappa shape index (κ2) is 5.08. The van der Waals surface area contributed by atoms with Gasteiger partial charge in [0, 0.05) is 25.2 Å². The van der Waals surface area contributed by atoms with E-state index in [1.165, 1.54) is 12.1 Å². The van der Waals surface area contributed by atoms with Crippen LogP contribution in [-0.4, -0.2) is 9.78 Å². The fraction of sp³-hybridized carbons (Fsp3) is 0.308. The molecule has 0 fully saturated rings.